The zero-order chi connectivity index (χ0) is 103. The Bertz CT molecular complexity index is 7360. The van der Waals surface area contributed by atoms with Crippen LogP contribution in [0.3, 0.4) is 0 Å². The quantitative estimate of drug-likeness (QED) is 0.0278. The molecule has 10 aromatic carbocycles. The number of ether oxygens (including phenoxy) is 3. The van der Waals surface area contributed by atoms with Gasteiger partial charge in [-0.15, -0.1) is 53.3 Å². The van der Waals surface area contributed by atoms with Crippen LogP contribution >= 0.6 is 89.8 Å². The summed E-state index contributed by atoms with van der Waals surface area (Å²) < 4.78 is 78.2. The number of rotatable bonds is 30. The molecule has 19 rings (SSSR count). The number of thiophene rings is 2. The number of carbonyl (C=O) groups is 7. The lowest BCUT2D eigenvalue weighted by molar-refractivity contribution is -0.130. The molecule has 30 nitrogen and oxygen atoms in total. The fraction of sp³-hybridized carbons (Fsp3) is 0.198. The van der Waals surface area contributed by atoms with Crippen molar-refractivity contribution in [2.45, 2.75) is 91.9 Å². The van der Waals surface area contributed by atoms with Crippen LogP contribution in [0.2, 0.25) is 0 Å². The summed E-state index contributed by atoms with van der Waals surface area (Å²) in [7, 11) is 10.1. The van der Waals surface area contributed by atoms with Crippen LogP contribution in [-0.2, 0) is 55.2 Å². The van der Waals surface area contributed by atoms with Crippen molar-refractivity contribution in [3.63, 3.8) is 0 Å². The van der Waals surface area contributed by atoms with Crippen molar-refractivity contribution in [2.75, 3.05) is 38.6 Å². The number of carbonyl (C=O) groups excluding carboxylic acids is 7. The Morgan fingerprint density at radius 3 is 1.20 bits per heavy atom. The van der Waals surface area contributed by atoms with Gasteiger partial charge >= 0.3 is 0 Å². The van der Waals surface area contributed by atoms with Gasteiger partial charge in [-0.25, -0.2) is 37.6 Å². The minimum Gasteiger partial charge on any atom is -0.497 e. The monoisotopic (exact) mass is 2200 g/mol. The smallest absolute Gasteiger partial charge is 0.284 e. The number of thioether (sulfide) groups is 3. The summed E-state index contributed by atoms with van der Waals surface area (Å²) >= 11 is 13.3. The molecule has 0 bridgehead atoms. The summed E-state index contributed by atoms with van der Waals surface area (Å²) in [6.07, 6.45) is 2.01. The van der Waals surface area contributed by atoms with Crippen LogP contribution in [0.1, 0.15) is 157 Å². The third kappa shape index (κ3) is 26.3. The van der Waals surface area contributed by atoms with Gasteiger partial charge in [-0.2, -0.15) is 20.4 Å². The summed E-state index contributed by atoms with van der Waals surface area (Å²) in [6.45, 7) is 2.56. The largest absolute Gasteiger partial charge is 0.497 e. The summed E-state index contributed by atoms with van der Waals surface area (Å²) in [6, 6.07) is 75.6. The first-order valence-electron chi connectivity index (χ1n) is 45.8. The lowest BCUT2D eigenvalue weighted by Gasteiger charge is -2.22. The average Bonchev–Trinajstić information content (AvgIpc) is 1.64. The number of benzene rings is 10. The van der Waals surface area contributed by atoms with Crippen LogP contribution in [0.25, 0.3) is 0 Å². The van der Waals surface area contributed by atoms with E-state index in [0.717, 1.165) is 82.4 Å². The Hall–Kier alpha value is -14.9. The van der Waals surface area contributed by atoms with E-state index in [1.54, 1.807) is 139 Å². The van der Waals surface area contributed by atoms with Gasteiger partial charge in [0.1, 0.15) is 29.0 Å². The van der Waals surface area contributed by atoms with Crippen LogP contribution in [0.4, 0.5) is 17.6 Å². The first-order chi connectivity index (χ1) is 71.2. The van der Waals surface area contributed by atoms with Gasteiger partial charge in [0.15, 0.2) is 44.4 Å². The van der Waals surface area contributed by atoms with E-state index in [4.69, 9.17) is 19.3 Å². The SMILES string of the molecule is COc1ccc(C2=NN(C(=O)CSc3nnc(CNC(=O)c4cccs4)n3C)C(c3ccc(C)cc3)C2)cc1.COc1ccc(C2=NN(C(=O)c3cccs3)C(c3ccccc3F)C2)cc1OC.Cn1c(CNC(=O)c2cccc(F)c2)nnc1SCC(=O)N1N=C(c2ccc(Br)cc2)CC1c1ccc(F)cc1.Cn1c(CNC(=O)c2ccccc2)nnc1SCC(=O)N1N=C(c2ccc(Br)cc2)CC1c1ccc(F)cc1. The minimum absolute atomic E-state index is 0.0381. The van der Waals surface area contributed by atoms with E-state index in [-0.39, 0.29) is 113 Å². The van der Waals surface area contributed by atoms with E-state index in [9.17, 15) is 51.1 Å². The Balaban J connectivity index is 0.000000141. The predicted octanol–water partition coefficient (Wildman–Crippen LogP) is 19.9. The van der Waals surface area contributed by atoms with Crippen LogP contribution in [0.15, 0.2) is 323 Å². The van der Waals surface area contributed by atoms with Crippen LogP contribution in [0.5, 0.6) is 17.2 Å². The number of nitrogens with one attached hydrogen (secondary N) is 3. The van der Waals surface area contributed by atoms with Crippen molar-refractivity contribution < 1.29 is 65.3 Å². The number of halogens is 6. The maximum atomic E-state index is 14.5. The van der Waals surface area contributed by atoms with Crippen LogP contribution < -0.4 is 30.2 Å². The number of methoxy groups -OCH3 is 3. The lowest BCUT2D eigenvalue weighted by Crippen LogP contribution is -2.28. The maximum Gasteiger partial charge on any atom is 0.284 e. The van der Waals surface area contributed by atoms with Crippen molar-refractivity contribution in [2.24, 2.45) is 41.5 Å². The van der Waals surface area contributed by atoms with Crippen molar-refractivity contribution in [1.29, 1.82) is 0 Å². The highest BCUT2D eigenvalue weighted by Crippen LogP contribution is 2.42. The molecule has 0 aliphatic carbocycles. The molecule has 0 fully saturated rings. The average molecular weight is 2200 g/mol. The Kier molecular flexibility index (Phi) is 35.2. The highest BCUT2D eigenvalue weighted by atomic mass is 79.9. The number of amides is 7. The van der Waals surface area contributed by atoms with E-state index in [1.807, 2.05) is 128 Å². The van der Waals surface area contributed by atoms with Crippen molar-refractivity contribution >= 4 is 154 Å². The number of aryl methyl sites for hydroxylation is 1. The van der Waals surface area contributed by atoms with E-state index in [1.165, 1.54) is 122 Å². The molecule has 0 radical (unpaired) electrons. The van der Waals surface area contributed by atoms with E-state index < -0.39 is 17.8 Å². The molecule has 4 aliphatic rings. The lowest BCUT2D eigenvalue weighted by atomic mass is 9.97. The fourth-order valence-electron chi connectivity index (χ4n) is 16.0. The second-order valence-electron chi connectivity index (χ2n) is 33.4. The molecule has 9 heterocycles. The number of nitrogens with zero attached hydrogens (tertiary/aromatic N) is 17. The Morgan fingerprint density at radius 2 is 0.769 bits per heavy atom. The third-order valence-corrected chi connectivity index (χ3v) is 29.7. The van der Waals surface area contributed by atoms with Crippen molar-refractivity contribution in [1.82, 2.24) is 80.3 Å². The molecule has 0 saturated heterocycles. The van der Waals surface area contributed by atoms with Gasteiger partial charge < -0.3 is 43.9 Å². The predicted molar refractivity (Wildman–Crippen MR) is 564 cm³/mol. The first kappa shape index (κ1) is 105. The molecule has 15 aromatic rings. The van der Waals surface area contributed by atoms with Crippen LogP contribution in [-0.4, -0.2) is 167 Å². The zero-order valence-corrected chi connectivity index (χ0v) is 87.2. The van der Waals surface area contributed by atoms with Gasteiger partial charge in [-0.05, 0) is 191 Å². The first-order valence-corrected chi connectivity index (χ1v) is 52.1. The highest BCUT2D eigenvalue weighted by molar-refractivity contribution is 9.10. The molecule has 41 heteroatoms. The van der Waals surface area contributed by atoms with Gasteiger partial charge in [-0.3, -0.25) is 33.6 Å². The van der Waals surface area contributed by atoms with Gasteiger partial charge in [0.25, 0.3) is 41.4 Å². The normalized spacial score (nSPS) is 15.0. The molecule has 4 unspecified atom stereocenters. The van der Waals surface area contributed by atoms with E-state index in [0.29, 0.717) is 96.7 Å². The van der Waals surface area contributed by atoms with Gasteiger partial charge in [-0.1, -0.05) is 200 Å². The van der Waals surface area contributed by atoms with E-state index >= 15 is 0 Å². The number of hydrogen-bond acceptors (Lipinski definition) is 25. The minimum atomic E-state index is -0.520. The molecule has 5 aromatic heterocycles. The molecule has 3 N–H and O–H groups in total. The van der Waals surface area contributed by atoms with Gasteiger partial charge in [0.2, 0.25) is 0 Å². The van der Waals surface area contributed by atoms with E-state index in [2.05, 4.69) is 118 Å². The molecule has 0 saturated carbocycles. The standard InChI is InChI=1S/C28H23BrF2N6O2S.C28H24BrFN6O2S.C28H28N6O3S2.C22H19FN2O3S/c1-36-25(15-32-27(39)19-3-2-4-22(31)13-19)33-34-28(36)40-16-26(38)37-24(18-7-11-21(30)12-8-18)14-23(35-37)17-5-9-20(29)10-6-17;1-35-25(16-31-27(38)20-5-3-2-4-6-20)32-33-28(35)39-17-26(37)36-24(19-9-13-22(30)14-10-19)15-23(34-36)18-7-11-21(29)12-8-18;1-18-6-8-20(9-7-18)23-15-22(19-10-12-21(37-3)13-11-19)32-34(23)26(35)17-39-28-31-30-25(33(28)2)16-29-27(36)24-5-4-14-38-24;1-27-19-10-9-14(12-20(19)28-2)17-13-18(15-6-3-4-7-16(15)23)25(24-17)22(26)21-8-5-11-29-21/h2-13,24H,14-16H2,1H3,(H,32,39);2-14,24H,15-17H2,1H3,(H,31,38);4-14,23H,15-17H2,1-3H3,(H,29,36);3-12,18H,13H2,1-2H3. The second kappa shape index (κ2) is 49.3. The topological polar surface area (TPSA) is 338 Å². The highest BCUT2D eigenvalue weighted by Gasteiger charge is 2.40. The third-order valence-electron chi connectivity index (χ3n) is 23.9. The molecule has 4 atom stereocenters. The van der Waals surface area contributed by atoms with Gasteiger partial charge in [0.05, 0.1) is 115 Å². The molecule has 0 spiro atoms. The summed E-state index contributed by atoms with van der Waals surface area (Å²) in [5.74, 6) is 0.699. The number of hydrazone groups is 4. The molecule has 750 valence electrons. The summed E-state index contributed by atoms with van der Waals surface area (Å²) in [4.78, 5) is 91.5. The van der Waals surface area contributed by atoms with Crippen molar-refractivity contribution in [3.8, 4) is 17.2 Å². The van der Waals surface area contributed by atoms with Gasteiger partial charge in [0, 0.05) is 78.0 Å². The Labute approximate surface area is 880 Å². The molecule has 147 heavy (non-hydrogen) atoms. The number of aromatic nitrogens is 9. The molecular formula is C106H94Br2F4N20O10S5. The summed E-state index contributed by atoms with van der Waals surface area (Å²) in [5, 5.41) is 63.4. The van der Waals surface area contributed by atoms with Crippen LogP contribution in [0, 0.1) is 30.2 Å². The zero-order valence-electron chi connectivity index (χ0n) is 79.9. The molecular weight excluding hydrogens is 2110 g/mol. The maximum absolute atomic E-state index is 14.5. The number of hydrogen-bond donors (Lipinski definition) is 3. The fourth-order valence-corrected chi connectivity index (χ4v) is 20.2. The second-order valence-corrected chi connectivity index (χ2v) is 40.0. The Morgan fingerprint density at radius 1 is 0.374 bits per heavy atom. The van der Waals surface area contributed by atoms with Crippen molar-refractivity contribution in [3.05, 3.63) is 398 Å². The summed E-state index contributed by atoms with van der Waals surface area (Å²) in [5.41, 5.74) is 11.6. The molecule has 4 aliphatic heterocycles. The molecule has 7 amide bonds.